The molecule has 0 spiro atoms. The second kappa shape index (κ2) is 11.2. The van der Waals surface area contributed by atoms with E-state index in [2.05, 4.69) is 21.7 Å². The van der Waals surface area contributed by atoms with Gasteiger partial charge in [0.1, 0.15) is 23.9 Å². The average Bonchev–Trinajstić information content (AvgIpc) is 3.76. The number of aryl methyl sites for hydroxylation is 1. The Morgan fingerprint density at radius 1 is 1.09 bits per heavy atom. The van der Waals surface area contributed by atoms with Gasteiger partial charge in [-0.3, -0.25) is 9.59 Å². The van der Waals surface area contributed by atoms with Gasteiger partial charge in [0.2, 0.25) is 5.71 Å². The van der Waals surface area contributed by atoms with Crippen molar-refractivity contribution in [3.63, 3.8) is 0 Å². The fourth-order valence-corrected chi connectivity index (χ4v) is 5.16. The smallest absolute Gasteiger partial charge is 0.405 e. The van der Waals surface area contributed by atoms with Crippen molar-refractivity contribution in [3.8, 4) is 28.5 Å². The molecule has 0 radical (unpaired) electrons. The number of nitrogens with zero attached hydrogens (tertiary/aromatic N) is 2. The van der Waals surface area contributed by atoms with Gasteiger partial charge in [-0.05, 0) is 62.4 Å². The van der Waals surface area contributed by atoms with E-state index in [0.717, 1.165) is 30.5 Å². The maximum Gasteiger partial charge on any atom is 0.405 e. The van der Waals surface area contributed by atoms with Gasteiger partial charge in [-0.25, -0.2) is 4.39 Å². The summed E-state index contributed by atoms with van der Waals surface area (Å²) in [5.41, 5.74) is 0.648. The van der Waals surface area contributed by atoms with Crippen LogP contribution >= 0.6 is 0 Å². The number of carbonyl (C=O) groups is 2. The fourth-order valence-electron chi connectivity index (χ4n) is 5.16. The molecule has 1 fully saturated rings. The number of amides is 1. The molecule has 7 nitrogen and oxygen atoms in total. The van der Waals surface area contributed by atoms with Crippen LogP contribution in [0.2, 0.25) is 0 Å². The molecule has 1 aliphatic carbocycles. The van der Waals surface area contributed by atoms with Crippen LogP contribution in [0.4, 0.5) is 23.4 Å². The molecule has 2 heterocycles. The van der Waals surface area contributed by atoms with E-state index in [9.17, 15) is 32.4 Å². The Morgan fingerprint density at radius 2 is 1.79 bits per heavy atom. The second-order valence-corrected chi connectivity index (χ2v) is 11.1. The molecule has 43 heavy (non-hydrogen) atoms. The molecule has 1 atom stereocenters. The Labute approximate surface area is 244 Å². The lowest BCUT2D eigenvalue weighted by Gasteiger charge is -2.20. The van der Waals surface area contributed by atoms with Crippen LogP contribution in [-0.4, -0.2) is 36.4 Å². The molecule has 222 valence electrons. The number of fused-ring (bicyclic) bond motifs is 1. The molecule has 1 saturated carbocycles. The number of halogens is 4. The van der Waals surface area contributed by atoms with Crippen LogP contribution in [-0.2, 0) is 0 Å². The third-order valence-corrected chi connectivity index (χ3v) is 7.70. The van der Waals surface area contributed by atoms with Crippen LogP contribution in [0.3, 0.4) is 0 Å². The number of nitrogens with one attached hydrogen (secondary N) is 2. The second-order valence-electron chi connectivity index (χ2n) is 11.1. The van der Waals surface area contributed by atoms with Gasteiger partial charge in [0.25, 0.3) is 5.91 Å². The van der Waals surface area contributed by atoms with Crippen molar-refractivity contribution in [3.05, 3.63) is 71.0 Å². The van der Waals surface area contributed by atoms with Gasteiger partial charge in [0, 0.05) is 30.2 Å². The molecular weight excluding hydrogens is 564 g/mol. The highest BCUT2D eigenvalue weighted by Gasteiger charge is 2.43. The van der Waals surface area contributed by atoms with E-state index in [-0.39, 0.29) is 57.3 Å². The Balaban J connectivity index is 1.68. The predicted molar refractivity (Wildman–Crippen MR) is 153 cm³/mol. The first-order valence-corrected chi connectivity index (χ1v) is 13.6. The Kier molecular flexibility index (Phi) is 7.73. The van der Waals surface area contributed by atoms with Crippen LogP contribution in [0.25, 0.3) is 33.6 Å². The average molecular weight is 593 g/mol. The topological polar surface area (TPSA) is 108 Å². The lowest BCUT2D eigenvalue weighted by Crippen LogP contribution is -2.22. The summed E-state index contributed by atoms with van der Waals surface area (Å²) in [6.45, 7) is 2.14. The number of furan rings is 1. The van der Waals surface area contributed by atoms with E-state index in [1.807, 2.05) is 19.1 Å². The van der Waals surface area contributed by atoms with Crippen molar-refractivity contribution in [2.75, 3.05) is 18.9 Å². The first kappa shape index (κ1) is 29.8. The number of nitriles is 1. The van der Waals surface area contributed by atoms with Crippen LogP contribution < -0.4 is 10.6 Å². The first-order valence-electron chi connectivity index (χ1n) is 13.6. The van der Waals surface area contributed by atoms with E-state index in [1.54, 1.807) is 19.1 Å². The summed E-state index contributed by atoms with van der Waals surface area (Å²) >= 11 is 0. The SMILES string of the molecule is CNC(=O)c1c(-c2ccc(C)cc2)oc2nc(NCC(F)(F)F)c(-c3cc(F)cc(C(=O)CC(C)(C#N)C4CC4)c3)cc12. The number of aromatic nitrogens is 1. The van der Waals surface area contributed by atoms with Crippen LogP contribution in [0.1, 0.15) is 52.5 Å². The summed E-state index contributed by atoms with van der Waals surface area (Å²) in [7, 11) is 1.43. The maximum absolute atomic E-state index is 15.0. The quantitative estimate of drug-likeness (QED) is 0.154. The van der Waals surface area contributed by atoms with Crippen molar-refractivity contribution >= 4 is 28.6 Å². The number of rotatable bonds is 9. The molecule has 2 aromatic carbocycles. The van der Waals surface area contributed by atoms with E-state index in [0.29, 0.717) is 5.56 Å². The highest BCUT2D eigenvalue weighted by molar-refractivity contribution is 6.11. The number of hydrogen-bond acceptors (Lipinski definition) is 6. The number of benzene rings is 2. The summed E-state index contributed by atoms with van der Waals surface area (Å²) in [5, 5.41) is 14.7. The molecule has 2 N–H and O–H groups in total. The van der Waals surface area contributed by atoms with Crippen LogP contribution in [0.5, 0.6) is 0 Å². The standard InChI is InChI=1S/C32H28F4N4O3/c1-17-4-6-18(7-5-17)27-26(29(42)38-3)24-13-23(28(40-30(24)43-27)39-16-32(34,35)36)19-10-20(12-22(33)11-19)25(41)14-31(2,15-37)21-8-9-21/h4-7,10-13,21H,8-9,14,16H2,1-3H3,(H,38,42)(H,39,40). The summed E-state index contributed by atoms with van der Waals surface area (Å²) in [6, 6.07) is 14.2. The molecule has 1 amide bonds. The molecule has 11 heteroatoms. The normalized spacial score (nSPS) is 14.7. The molecule has 5 rings (SSSR count). The summed E-state index contributed by atoms with van der Waals surface area (Å²) < 4.78 is 60.7. The number of alkyl halides is 3. The zero-order valence-corrected chi connectivity index (χ0v) is 23.7. The molecule has 2 aromatic heterocycles. The van der Waals surface area contributed by atoms with Crippen molar-refractivity contribution in [1.82, 2.24) is 10.3 Å². The van der Waals surface area contributed by atoms with Gasteiger partial charge >= 0.3 is 6.18 Å². The van der Waals surface area contributed by atoms with Gasteiger partial charge in [-0.2, -0.15) is 23.4 Å². The molecule has 0 bridgehead atoms. The van der Waals surface area contributed by atoms with E-state index >= 15 is 0 Å². The van der Waals surface area contributed by atoms with Gasteiger partial charge < -0.3 is 15.1 Å². The number of pyridine rings is 1. The molecule has 1 unspecified atom stereocenters. The first-order chi connectivity index (χ1) is 20.3. The third kappa shape index (κ3) is 6.23. The number of carbonyl (C=O) groups excluding carboxylic acids is 2. The molecule has 1 aliphatic rings. The summed E-state index contributed by atoms with van der Waals surface area (Å²) in [6.07, 6.45) is -3.08. The number of hydrogen-bond donors (Lipinski definition) is 2. The van der Waals surface area contributed by atoms with E-state index in [4.69, 9.17) is 4.42 Å². The highest BCUT2D eigenvalue weighted by Crippen LogP contribution is 2.48. The predicted octanol–water partition coefficient (Wildman–Crippen LogP) is 7.46. The minimum absolute atomic E-state index is 0.0250. The zero-order valence-electron chi connectivity index (χ0n) is 23.7. The molecule has 4 aromatic rings. The van der Waals surface area contributed by atoms with Crippen molar-refractivity contribution < 1.29 is 31.6 Å². The van der Waals surface area contributed by atoms with Crippen LogP contribution in [0.15, 0.2) is 52.9 Å². The fraction of sp³-hybridized carbons (Fsp3) is 0.312. The minimum atomic E-state index is -4.61. The lowest BCUT2D eigenvalue weighted by molar-refractivity contribution is -0.115. The van der Waals surface area contributed by atoms with Crippen molar-refractivity contribution in [2.24, 2.45) is 11.3 Å². The van der Waals surface area contributed by atoms with Crippen molar-refractivity contribution in [1.29, 1.82) is 5.26 Å². The molecular formula is C32H28F4N4O3. The van der Waals surface area contributed by atoms with Crippen molar-refractivity contribution in [2.45, 2.75) is 39.3 Å². The van der Waals surface area contributed by atoms with Gasteiger partial charge in [-0.15, -0.1) is 0 Å². The maximum atomic E-state index is 15.0. The van der Waals surface area contributed by atoms with Gasteiger partial charge in [0.15, 0.2) is 5.78 Å². The Bertz CT molecular complexity index is 1770. The van der Waals surface area contributed by atoms with E-state index in [1.165, 1.54) is 19.2 Å². The molecule has 0 aliphatic heterocycles. The number of ketones is 1. The third-order valence-electron chi connectivity index (χ3n) is 7.70. The number of Topliss-reactive ketones (excluding diaryl/α,β-unsaturated/α-hetero) is 1. The lowest BCUT2D eigenvalue weighted by atomic mass is 9.80. The zero-order chi connectivity index (χ0) is 31.1. The van der Waals surface area contributed by atoms with Gasteiger partial charge in [0.05, 0.1) is 22.4 Å². The summed E-state index contributed by atoms with van der Waals surface area (Å²) in [5.74, 6) is -1.83. The van der Waals surface area contributed by atoms with Gasteiger partial charge in [-0.1, -0.05) is 29.8 Å². The Hall–Kier alpha value is -4.72. The molecule has 0 saturated heterocycles. The summed E-state index contributed by atoms with van der Waals surface area (Å²) in [4.78, 5) is 30.6. The monoisotopic (exact) mass is 592 g/mol. The van der Waals surface area contributed by atoms with Crippen LogP contribution in [0, 0.1) is 35.4 Å². The number of anilines is 1. The van der Waals surface area contributed by atoms with E-state index < -0.39 is 35.6 Å². The largest absolute Gasteiger partial charge is 0.437 e. The Morgan fingerprint density at radius 3 is 2.40 bits per heavy atom. The highest BCUT2D eigenvalue weighted by atomic mass is 19.4. The minimum Gasteiger partial charge on any atom is -0.437 e.